The van der Waals surface area contributed by atoms with Gasteiger partial charge in [0.15, 0.2) is 5.89 Å². The smallest absolute Gasteiger partial charge is 0.302 e. The third-order valence-electron chi connectivity index (χ3n) is 3.77. The highest BCUT2D eigenvalue weighted by Gasteiger charge is 2.22. The number of halogens is 2. The van der Waals surface area contributed by atoms with E-state index in [1.54, 1.807) is 31.2 Å². The second-order valence-electron chi connectivity index (χ2n) is 5.77. The van der Waals surface area contributed by atoms with Crippen molar-refractivity contribution in [1.82, 2.24) is 15.0 Å². The Morgan fingerprint density at radius 2 is 1.89 bits per heavy atom. The normalized spacial score (nSPS) is 10.8. The Hall–Kier alpha value is -3.52. The molecule has 4 rings (SSSR count). The molecule has 0 saturated heterocycles. The number of hydrogen-bond donors (Lipinski definition) is 1. The standard InChI is InChI=1S/C19H12ClFN4O3/c1-10-23-16(11-2-4-12(20)5-3-11)17(28-10)18(26)25-19-24-15(9-27-19)14-7-6-13(21)8-22-14/h2-9H,1H3,(H,24,25,26). The third-order valence-corrected chi connectivity index (χ3v) is 4.02. The average molecular weight is 399 g/mol. The molecular weight excluding hydrogens is 387 g/mol. The first kappa shape index (κ1) is 17.9. The van der Waals surface area contributed by atoms with Crippen LogP contribution in [0.25, 0.3) is 22.6 Å². The van der Waals surface area contributed by atoms with Gasteiger partial charge in [-0.2, -0.15) is 4.98 Å². The number of nitrogens with one attached hydrogen (secondary N) is 1. The molecule has 3 heterocycles. The predicted molar refractivity (Wildman–Crippen MR) is 99.3 cm³/mol. The summed E-state index contributed by atoms with van der Waals surface area (Å²) in [5.74, 6) is -0.694. The molecule has 140 valence electrons. The van der Waals surface area contributed by atoms with Gasteiger partial charge >= 0.3 is 6.01 Å². The van der Waals surface area contributed by atoms with E-state index in [4.69, 9.17) is 20.4 Å². The summed E-state index contributed by atoms with van der Waals surface area (Å²) in [5.41, 5.74) is 1.80. The number of oxazole rings is 2. The first-order valence-electron chi connectivity index (χ1n) is 8.12. The molecule has 3 aromatic heterocycles. The number of aryl methyl sites for hydroxylation is 1. The Kier molecular flexibility index (Phi) is 4.62. The van der Waals surface area contributed by atoms with Crippen LogP contribution in [0.2, 0.25) is 5.02 Å². The van der Waals surface area contributed by atoms with Crippen molar-refractivity contribution in [2.75, 3.05) is 5.32 Å². The molecule has 0 saturated carbocycles. The van der Waals surface area contributed by atoms with E-state index >= 15 is 0 Å². The van der Waals surface area contributed by atoms with Crippen LogP contribution in [-0.4, -0.2) is 20.9 Å². The summed E-state index contributed by atoms with van der Waals surface area (Å²) in [4.78, 5) is 25.0. The number of aromatic nitrogens is 3. The van der Waals surface area contributed by atoms with E-state index in [1.807, 2.05) is 0 Å². The second-order valence-corrected chi connectivity index (χ2v) is 6.21. The maximum Gasteiger partial charge on any atom is 0.302 e. The minimum atomic E-state index is -0.578. The van der Waals surface area contributed by atoms with E-state index in [0.717, 1.165) is 6.20 Å². The number of rotatable bonds is 4. The van der Waals surface area contributed by atoms with Gasteiger partial charge in [0.25, 0.3) is 5.91 Å². The van der Waals surface area contributed by atoms with Crippen LogP contribution in [-0.2, 0) is 0 Å². The van der Waals surface area contributed by atoms with Crippen LogP contribution in [0.15, 0.2) is 57.7 Å². The Labute approximate surface area is 163 Å². The minimum absolute atomic E-state index is 0.0134. The van der Waals surface area contributed by atoms with Gasteiger partial charge in [0, 0.05) is 17.5 Å². The molecule has 0 aliphatic carbocycles. The Morgan fingerprint density at radius 3 is 2.61 bits per heavy atom. The SMILES string of the molecule is Cc1nc(-c2ccc(Cl)cc2)c(C(=O)Nc2nc(-c3ccc(F)cn3)co2)o1. The molecule has 0 fully saturated rings. The van der Waals surface area contributed by atoms with E-state index in [-0.39, 0.29) is 11.8 Å². The fourth-order valence-corrected chi connectivity index (χ4v) is 2.64. The second kappa shape index (κ2) is 7.24. The molecule has 0 bridgehead atoms. The summed E-state index contributed by atoms with van der Waals surface area (Å²) in [6.07, 6.45) is 2.37. The zero-order chi connectivity index (χ0) is 19.7. The van der Waals surface area contributed by atoms with Crippen molar-refractivity contribution >= 4 is 23.5 Å². The van der Waals surface area contributed by atoms with E-state index in [0.29, 0.717) is 33.6 Å². The number of nitrogens with zero attached hydrogens (tertiary/aromatic N) is 3. The molecule has 9 heteroatoms. The van der Waals surface area contributed by atoms with E-state index in [1.165, 1.54) is 18.4 Å². The van der Waals surface area contributed by atoms with Crippen LogP contribution in [0.1, 0.15) is 16.4 Å². The topological polar surface area (TPSA) is 94.1 Å². The van der Waals surface area contributed by atoms with Crippen LogP contribution in [0.3, 0.4) is 0 Å². The Balaban J connectivity index is 1.58. The van der Waals surface area contributed by atoms with E-state index in [9.17, 15) is 9.18 Å². The Morgan fingerprint density at radius 1 is 1.11 bits per heavy atom. The van der Waals surface area contributed by atoms with Crippen molar-refractivity contribution in [2.24, 2.45) is 0 Å². The molecule has 7 nitrogen and oxygen atoms in total. The largest absolute Gasteiger partial charge is 0.435 e. The molecule has 1 N–H and O–H groups in total. The summed E-state index contributed by atoms with van der Waals surface area (Å²) in [6, 6.07) is 9.52. The summed E-state index contributed by atoms with van der Waals surface area (Å²) < 4.78 is 23.7. The highest BCUT2D eigenvalue weighted by Crippen LogP contribution is 2.26. The lowest BCUT2D eigenvalue weighted by Gasteiger charge is -2.01. The van der Waals surface area contributed by atoms with Crippen molar-refractivity contribution in [3.05, 3.63) is 71.3 Å². The molecule has 4 aromatic rings. The number of carbonyl (C=O) groups excluding carboxylic acids is 1. The summed E-state index contributed by atoms with van der Waals surface area (Å²) in [5, 5.41) is 3.08. The summed E-state index contributed by atoms with van der Waals surface area (Å²) >= 11 is 5.91. The lowest BCUT2D eigenvalue weighted by atomic mass is 10.1. The van der Waals surface area contributed by atoms with Crippen LogP contribution in [0, 0.1) is 12.7 Å². The van der Waals surface area contributed by atoms with Crippen LogP contribution >= 0.6 is 11.6 Å². The molecule has 0 unspecified atom stereocenters. The van der Waals surface area contributed by atoms with Gasteiger partial charge in [-0.25, -0.2) is 9.37 Å². The van der Waals surface area contributed by atoms with Crippen molar-refractivity contribution < 1.29 is 18.0 Å². The zero-order valence-electron chi connectivity index (χ0n) is 14.4. The fourth-order valence-electron chi connectivity index (χ4n) is 2.51. The highest BCUT2D eigenvalue weighted by atomic mass is 35.5. The fraction of sp³-hybridized carbons (Fsp3) is 0.0526. The maximum absolute atomic E-state index is 13.0. The first-order chi connectivity index (χ1) is 13.5. The number of hydrogen-bond acceptors (Lipinski definition) is 6. The third kappa shape index (κ3) is 3.63. The molecule has 0 aliphatic rings. The average Bonchev–Trinajstić information content (AvgIpc) is 3.30. The zero-order valence-corrected chi connectivity index (χ0v) is 15.2. The minimum Gasteiger partial charge on any atom is -0.435 e. The molecule has 28 heavy (non-hydrogen) atoms. The molecule has 1 aromatic carbocycles. The highest BCUT2D eigenvalue weighted by molar-refractivity contribution is 6.30. The van der Waals surface area contributed by atoms with Crippen molar-refractivity contribution in [3.8, 4) is 22.6 Å². The molecule has 0 aliphatic heterocycles. The number of benzene rings is 1. The van der Waals surface area contributed by atoms with Crippen LogP contribution < -0.4 is 5.32 Å². The number of amides is 1. The summed E-state index contributed by atoms with van der Waals surface area (Å²) in [7, 11) is 0. The molecule has 0 spiro atoms. The van der Waals surface area contributed by atoms with Gasteiger partial charge in [-0.15, -0.1) is 0 Å². The van der Waals surface area contributed by atoms with Gasteiger partial charge in [-0.1, -0.05) is 23.7 Å². The van der Waals surface area contributed by atoms with Crippen LogP contribution in [0.5, 0.6) is 0 Å². The first-order valence-corrected chi connectivity index (χ1v) is 8.49. The van der Waals surface area contributed by atoms with Crippen molar-refractivity contribution in [1.29, 1.82) is 0 Å². The van der Waals surface area contributed by atoms with Gasteiger partial charge in [-0.3, -0.25) is 15.1 Å². The van der Waals surface area contributed by atoms with Gasteiger partial charge < -0.3 is 8.83 Å². The van der Waals surface area contributed by atoms with Crippen LogP contribution in [0.4, 0.5) is 10.4 Å². The predicted octanol–water partition coefficient (Wildman–Crippen LogP) is 4.74. The summed E-state index contributed by atoms with van der Waals surface area (Å²) in [6.45, 7) is 1.64. The molecule has 1 amide bonds. The lowest BCUT2D eigenvalue weighted by Crippen LogP contribution is -2.12. The number of anilines is 1. The van der Waals surface area contributed by atoms with E-state index < -0.39 is 11.7 Å². The van der Waals surface area contributed by atoms with Gasteiger partial charge in [0.05, 0.1) is 11.9 Å². The monoisotopic (exact) mass is 398 g/mol. The quantitative estimate of drug-likeness (QED) is 0.533. The molecule has 0 radical (unpaired) electrons. The van der Waals surface area contributed by atoms with Gasteiger partial charge in [0.2, 0.25) is 5.76 Å². The van der Waals surface area contributed by atoms with Gasteiger partial charge in [-0.05, 0) is 24.3 Å². The van der Waals surface area contributed by atoms with Crippen molar-refractivity contribution in [2.45, 2.75) is 6.92 Å². The molecule has 0 atom stereocenters. The molecular formula is C19H12ClFN4O3. The van der Waals surface area contributed by atoms with E-state index in [2.05, 4.69) is 20.3 Å². The van der Waals surface area contributed by atoms with Crippen molar-refractivity contribution in [3.63, 3.8) is 0 Å². The Bertz CT molecular complexity index is 1140. The maximum atomic E-state index is 13.0. The number of pyridine rings is 1. The number of carbonyl (C=O) groups is 1. The lowest BCUT2D eigenvalue weighted by molar-refractivity contribution is 0.0993. The van der Waals surface area contributed by atoms with Gasteiger partial charge in [0.1, 0.15) is 23.5 Å².